The van der Waals surface area contributed by atoms with Crippen molar-refractivity contribution >= 4 is 17.6 Å². The second-order valence-corrected chi connectivity index (χ2v) is 6.25. The monoisotopic (exact) mass is 318 g/mol. The number of hydrogen-bond acceptors (Lipinski definition) is 5. The Kier molecular flexibility index (Phi) is 4.52. The first-order chi connectivity index (χ1) is 11.1. The predicted molar refractivity (Wildman–Crippen MR) is 85.2 cm³/mol. The number of nitrogens with one attached hydrogen (secondary N) is 2. The normalized spacial score (nSPS) is 21.5. The fourth-order valence-corrected chi connectivity index (χ4v) is 3.29. The van der Waals surface area contributed by atoms with Gasteiger partial charge in [-0.1, -0.05) is 6.07 Å². The van der Waals surface area contributed by atoms with E-state index < -0.39 is 5.97 Å². The molecular weight excluding hydrogens is 296 g/mol. The van der Waals surface area contributed by atoms with E-state index in [1.54, 1.807) is 18.2 Å². The molecular formula is C17H22N2O4. The third kappa shape index (κ3) is 3.64. The minimum Gasteiger partial charge on any atom is -0.482 e. The number of esters is 1. The second-order valence-electron chi connectivity index (χ2n) is 6.25. The Morgan fingerprint density at radius 3 is 2.87 bits per heavy atom. The Hall–Kier alpha value is -2.08. The maximum absolute atomic E-state index is 12.4. The van der Waals surface area contributed by atoms with Gasteiger partial charge in [0, 0.05) is 17.7 Å². The summed E-state index contributed by atoms with van der Waals surface area (Å²) in [7, 11) is 1.31. The Morgan fingerprint density at radius 1 is 1.35 bits per heavy atom. The molecule has 1 heterocycles. The van der Waals surface area contributed by atoms with E-state index in [-0.39, 0.29) is 23.8 Å². The number of rotatable bonds is 5. The van der Waals surface area contributed by atoms with Gasteiger partial charge in [0.1, 0.15) is 5.75 Å². The first-order valence-corrected chi connectivity index (χ1v) is 7.94. The molecule has 1 amide bonds. The molecule has 1 aliphatic heterocycles. The lowest BCUT2D eigenvalue weighted by Gasteiger charge is -2.23. The highest BCUT2D eigenvalue weighted by Gasteiger charge is 2.57. The minimum absolute atomic E-state index is 0.0806. The number of carbonyl (C=O) groups is 2. The number of hydrogen-bond donors (Lipinski definition) is 2. The van der Waals surface area contributed by atoms with Crippen LogP contribution in [0.3, 0.4) is 0 Å². The number of anilines is 1. The summed E-state index contributed by atoms with van der Waals surface area (Å²) >= 11 is 0. The number of amides is 1. The van der Waals surface area contributed by atoms with Crippen molar-refractivity contribution in [1.29, 1.82) is 0 Å². The SMILES string of the molecule is COC(=O)COc1cccc(NC(=O)C2CC23CCNCC3)c1. The summed E-state index contributed by atoms with van der Waals surface area (Å²) in [5, 5.41) is 6.30. The molecule has 0 aromatic heterocycles. The van der Waals surface area contributed by atoms with Crippen molar-refractivity contribution in [2.75, 3.05) is 32.1 Å². The maximum atomic E-state index is 12.4. The van der Waals surface area contributed by atoms with Gasteiger partial charge in [-0.25, -0.2) is 4.79 Å². The molecule has 1 unspecified atom stereocenters. The third-order valence-electron chi connectivity index (χ3n) is 4.79. The van der Waals surface area contributed by atoms with Crippen molar-refractivity contribution in [1.82, 2.24) is 5.32 Å². The molecule has 0 bridgehead atoms. The van der Waals surface area contributed by atoms with Gasteiger partial charge in [0.15, 0.2) is 6.61 Å². The third-order valence-corrected chi connectivity index (χ3v) is 4.79. The summed E-state index contributed by atoms with van der Waals surface area (Å²) in [5.41, 5.74) is 0.905. The Morgan fingerprint density at radius 2 is 2.13 bits per heavy atom. The molecule has 1 saturated heterocycles. The molecule has 3 rings (SSSR count). The molecule has 1 aromatic carbocycles. The fourth-order valence-electron chi connectivity index (χ4n) is 3.29. The summed E-state index contributed by atoms with van der Waals surface area (Å²) in [6.45, 7) is 1.86. The number of ether oxygens (including phenoxy) is 2. The first kappa shape index (κ1) is 15.8. The zero-order valence-electron chi connectivity index (χ0n) is 13.3. The van der Waals surface area contributed by atoms with Gasteiger partial charge < -0.3 is 20.1 Å². The van der Waals surface area contributed by atoms with Crippen molar-refractivity contribution in [3.05, 3.63) is 24.3 Å². The quantitative estimate of drug-likeness (QED) is 0.806. The highest BCUT2D eigenvalue weighted by atomic mass is 16.6. The van der Waals surface area contributed by atoms with Crippen LogP contribution in [0.5, 0.6) is 5.75 Å². The van der Waals surface area contributed by atoms with Gasteiger partial charge in [-0.15, -0.1) is 0 Å². The number of methoxy groups -OCH3 is 1. The first-order valence-electron chi connectivity index (χ1n) is 7.94. The molecule has 6 heteroatoms. The van der Waals surface area contributed by atoms with Crippen LogP contribution in [0.15, 0.2) is 24.3 Å². The maximum Gasteiger partial charge on any atom is 0.343 e. The van der Waals surface area contributed by atoms with E-state index in [4.69, 9.17) is 4.74 Å². The highest BCUT2D eigenvalue weighted by molar-refractivity contribution is 5.95. The van der Waals surface area contributed by atoms with Gasteiger partial charge in [-0.2, -0.15) is 0 Å². The predicted octanol–water partition coefficient (Wildman–Crippen LogP) is 1.57. The van der Waals surface area contributed by atoms with Crippen LogP contribution in [0.2, 0.25) is 0 Å². The van der Waals surface area contributed by atoms with E-state index in [2.05, 4.69) is 15.4 Å². The topological polar surface area (TPSA) is 76.7 Å². The van der Waals surface area contributed by atoms with Crippen LogP contribution in [0.25, 0.3) is 0 Å². The van der Waals surface area contributed by atoms with Crippen LogP contribution in [-0.4, -0.2) is 38.7 Å². The van der Waals surface area contributed by atoms with Gasteiger partial charge in [0.25, 0.3) is 0 Å². The van der Waals surface area contributed by atoms with Gasteiger partial charge in [-0.05, 0) is 49.9 Å². The van der Waals surface area contributed by atoms with Gasteiger partial charge in [-0.3, -0.25) is 4.79 Å². The van der Waals surface area contributed by atoms with Gasteiger partial charge in [0.05, 0.1) is 7.11 Å². The van der Waals surface area contributed by atoms with Crippen LogP contribution in [-0.2, 0) is 14.3 Å². The second kappa shape index (κ2) is 6.58. The molecule has 1 spiro atoms. The lowest BCUT2D eigenvalue weighted by atomic mass is 9.92. The Balaban J connectivity index is 1.56. The number of benzene rings is 1. The number of carbonyl (C=O) groups excluding carboxylic acids is 2. The fraction of sp³-hybridized carbons (Fsp3) is 0.529. The molecule has 1 atom stereocenters. The molecule has 6 nitrogen and oxygen atoms in total. The van der Waals surface area contributed by atoms with Crippen LogP contribution in [0.4, 0.5) is 5.69 Å². The average molecular weight is 318 g/mol. The summed E-state index contributed by atoms with van der Waals surface area (Å²) in [6, 6.07) is 7.07. The van der Waals surface area contributed by atoms with Crippen LogP contribution in [0.1, 0.15) is 19.3 Å². The van der Waals surface area contributed by atoms with Crippen LogP contribution >= 0.6 is 0 Å². The van der Waals surface area contributed by atoms with E-state index in [1.165, 1.54) is 7.11 Å². The van der Waals surface area contributed by atoms with E-state index >= 15 is 0 Å². The minimum atomic E-state index is -0.440. The largest absolute Gasteiger partial charge is 0.482 e. The molecule has 1 aromatic rings. The van der Waals surface area contributed by atoms with Crippen molar-refractivity contribution in [3.8, 4) is 5.75 Å². The van der Waals surface area contributed by atoms with Crippen LogP contribution < -0.4 is 15.4 Å². The summed E-state index contributed by atoms with van der Waals surface area (Å²) in [6.07, 6.45) is 3.14. The van der Waals surface area contributed by atoms with Crippen LogP contribution in [0, 0.1) is 11.3 Å². The lowest BCUT2D eigenvalue weighted by Crippen LogP contribution is -2.31. The molecule has 23 heavy (non-hydrogen) atoms. The van der Waals surface area contributed by atoms with E-state index in [9.17, 15) is 9.59 Å². The summed E-state index contributed by atoms with van der Waals surface area (Å²) in [5.74, 6) is 0.284. The molecule has 2 fully saturated rings. The molecule has 2 N–H and O–H groups in total. The van der Waals surface area contributed by atoms with E-state index in [0.717, 1.165) is 32.4 Å². The zero-order chi connectivity index (χ0) is 16.3. The van der Waals surface area contributed by atoms with Crippen molar-refractivity contribution in [2.24, 2.45) is 11.3 Å². The highest BCUT2D eigenvalue weighted by Crippen LogP contribution is 2.58. The van der Waals surface area contributed by atoms with Gasteiger partial charge >= 0.3 is 5.97 Å². The molecule has 0 radical (unpaired) electrons. The van der Waals surface area contributed by atoms with E-state index in [1.807, 2.05) is 6.07 Å². The molecule has 124 valence electrons. The van der Waals surface area contributed by atoms with Crippen molar-refractivity contribution < 1.29 is 19.1 Å². The van der Waals surface area contributed by atoms with Crippen molar-refractivity contribution in [2.45, 2.75) is 19.3 Å². The summed E-state index contributed by atoms with van der Waals surface area (Å²) < 4.78 is 9.86. The summed E-state index contributed by atoms with van der Waals surface area (Å²) in [4.78, 5) is 23.5. The van der Waals surface area contributed by atoms with Crippen molar-refractivity contribution in [3.63, 3.8) is 0 Å². The standard InChI is InChI=1S/C17H22N2O4/c1-22-15(20)11-23-13-4-2-3-12(9-13)19-16(21)14-10-17(14)5-7-18-8-6-17/h2-4,9,14,18H,5-8,10-11H2,1H3,(H,19,21). The smallest absolute Gasteiger partial charge is 0.343 e. The average Bonchev–Trinajstić information content (AvgIpc) is 3.27. The molecule has 2 aliphatic rings. The van der Waals surface area contributed by atoms with Gasteiger partial charge in [0.2, 0.25) is 5.91 Å². The lowest BCUT2D eigenvalue weighted by molar-refractivity contribution is -0.142. The number of piperidine rings is 1. The molecule has 1 aliphatic carbocycles. The molecule has 1 saturated carbocycles. The Bertz CT molecular complexity index is 596. The van der Waals surface area contributed by atoms with E-state index in [0.29, 0.717) is 11.4 Å². The zero-order valence-corrected chi connectivity index (χ0v) is 13.3. The Labute approximate surface area is 135 Å².